The van der Waals surface area contributed by atoms with Crippen LogP contribution in [-0.4, -0.2) is 29.1 Å². The molecule has 0 bridgehead atoms. The molecule has 4 aromatic heterocycles. The number of hydrogen-bond donors (Lipinski definition) is 0. The topological polar surface area (TPSA) is 61.4 Å². The minimum Gasteiger partial charge on any atom is -0.333 e. The summed E-state index contributed by atoms with van der Waals surface area (Å²) in [5.41, 5.74) is 4.58. The van der Waals surface area contributed by atoms with Crippen molar-refractivity contribution in [3.63, 3.8) is 0 Å². The van der Waals surface area contributed by atoms with Gasteiger partial charge in [0.05, 0.1) is 11.7 Å². The van der Waals surface area contributed by atoms with E-state index in [1.54, 1.807) is 25.4 Å². The van der Waals surface area contributed by atoms with E-state index < -0.39 is 11.9 Å². The minimum atomic E-state index is -4.49. The molecule has 196 valence electrons. The molecule has 2 aromatic carbocycles. The van der Waals surface area contributed by atoms with E-state index in [0.29, 0.717) is 23.9 Å². The molecule has 4 heterocycles. The second-order valence-electron chi connectivity index (χ2n) is 9.91. The maximum Gasteiger partial charge on any atom is 0.434 e. The quantitative estimate of drug-likeness (QED) is 0.238. The molecule has 0 atom stereocenters. The van der Waals surface area contributed by atoms with Gasteiger partial charge in [0.15, 0.2) is 11.5 Å². The summed E-state index contributed by atoms with van der Waals surface area (Å²) in [7, 11) is 1.56. The predicted molar refractivity (Wildman–Crippen MR) is 145 cm³/mol. The van der Waals surface area contributed by atoms with Crippen LogP contribution in [0.15, 0.2) is 79.4 Å². The lowest BCUT2D eigenvalue weighted by atomic mass is 9.97. The first kappa shape index (κ1) is 24.8. The van der Waals surface area contributed by atoms with Crippen LogP contribution in [0.4, 0.5) is 13.2 Å². The first-order valence-electron chi connectivity index (χ1n) is 12.6. The van der Waals surface area contributed by atoms with Gasteiger partial charge >= 0.3 is 6.18 Å². The molecule has 9 heteroatoms. The summed E-state index contributed by atoms with van der Waals surface area (Å²) >= 11 is 0. The van der Waals surface area contributed by atoms with E-state index in [9.17, 15) is 13.2 Å². The number of aromatic nitrogens is 6. The molecule has 6 aromatic rings. The molecule has 6 rings (SSSR count). The fourth-order valence-corrected chi connectivity index (χ4v) is 5.02. The molecule has 0 fully saturated rings. The Kier molecular flexibility index (Phi) is 5.94. The highest BCUT2D eigenvalue weighted by atomic mass is 19.4. The molecular weight excluding hydrogens is 501 g/mol. The van der Waals surface area contributed by atoms with E-state index in [0.717, 1.165) is 39.3 Å². The Balaban J connectivity index is 1.42. The van der Waals surface area contributed by atoms with Crippen LogP contribution in [0.25, 0.3) is 44.7 Å². The summed E-state index contributed by atoms with van der Waals surface area (Å²) < 4.78 is 42.9. The Morgan fingerprint density at radius 1 is 0.897 bits per heavy atom. The van der Waals surface area contributed by atoms with Gasteiger partial charge < -0.3 is 9.13 Å². The summed E-state index contributed by atoms with van der Waals surface area (Å²) in [6.07, 6.45) is 1.96. The lowest BCUT2D eigenvalue weighted by molar-refractivity contribution is -0.140. The molecule has 0 aliphatic heterocycles. The monoisotopic (exact) mass is 526 g/mol. The molecule has 0 aliphatic rings. The van der Waals surface area contributed by atoms with Crippen LogP contribution in [0.3, 0.4) is 0 Å². The molecule has 0 spiro atoms. The van der Waals surface area contributed by atoms with E-state index in [4.69, 9.17) is 9.97 Å². The molecule has 0 radical (unpaired) electrons. The molecule has 0 saturated carbocycles. The summed E-state index contributed by atoms with van der Waals surface area (Å²) in [6.45, 7) is 4.81. The third kappa shape index (κ3) is 4.43. The molecular formula is C30H25F3N6. The molecule has 0 aliphatic carbocycles. The molecule has 0 amide bonds. The number of imidazole rings is 1. The lowest BCUT2D eigenvalue weighted by Crippen LogP contribution is -2.05. The van der Waals surface area contributed by atoms with Crippen molar-refractivity contribution >= 4 is 21.9 Å². The number of halogens is 3. The Morgan fingerprint density at radius 2 is 1.67 bits per heavy atom. The third-order valence-corrected chi connectivity index (χ3v) is 6.95. The summed E-state index contributed by atoms with van der Waals surface area (Å²) in [5, 5.41) is 1.94. The average Bonchev–Trinajstić information content (AvgIpc) is 3.47. The van der Waals surface area contributed by atoms with E-state index >= 15 is 0 Å². The second-order valence-corrected chi connectivity index (χ2v) is 9.91. The van der Waals surface area contributed by atoms with E-state index in [1.807, 2.05) is 48.8 Å². The van der Waals surface area contributed by atoms with Gasteiger partial charge in [0.1, 0.15) is 11.5 Å². The SMILES string of the molecule is CC(C)c1ccccc1-c1ncc2c3ccncc3n(Cc3ccc(-c4nc(C(F)(F)F)cn4C)cc3)c2n1. The smallest absolute Gasteiger partial charge is 0.333 e. The van der Waals surface area contributed by atoms with Gasteiger partial charge in [-0.2, -0.15) is 13.2 Å². The summed E-state index contributed by atoms with van der Waals surface area (Å²) in [6, 6.07) is 17.5. The van der Waals surface area contributed by atoms with Crippen LogP contribution in [0.5, 0.6) is 0 Å². The van der Waals surface area contributed by atoms with Crippen LogP contribution >= 0.6 is 0 Å². The Hall–Kier alpha value is -4.53. The zero-order chi connectivity index (χ0) is 27.3. The van der Waals surface area contributed by atoms with Crippen molar-refractivity contribution < 1.29 is 13.2 Å². The van der Waals surface area contributed by atoms with Crippen LogP contribution in [0.1, 0.15) is 36.6 Å². The number of alkyl halides is 3. The van der Waals surface area contributed by atoms with Gasteiger partial charge in [-0.15, -0.1) is 0 Å². The van der Waals surface area contributed by atoms with Crippen LogP contribution in [0.2, 0.25) is 0 Å². The van der Waals surface area contributed by atoms with Crippen LogP contribution in [0, 0.1) is 0 Å². The highest BCUT2D eigenvalue weighted by molar-refractivity contribution is 6.06. The number of fused-ring (bicyclic) bond motifs is 3. The number of pyridine rings is 1. The fraction of sp³-hybridized carbons (Fsp3) is 0.200. The Morgan fingerprint density at radius 3 is 2.38 bits per heavy atom. The van der Waals surface area contributed by atoms with E-state index in [1.165, 1.54) is 10.1 Å². The zero-order valence-corrected chi connectivity index (χ0v) is 21.6. The van der Waals surface area contributed by atoms with Crippen molar-refractivity contribution in [2.24, 2.45) is 7.05 Å². The van der Waals surface area contributed by atoms with Gasteiger partial charge in [-0.25, -0.2) is 15.0 Å². The largest absolute Gasteiger partial charge is 0.434 e. The molecule has 0 unspecified atom stereocenters. The normalized spacial score (nSPS) is 12.2. The summed E-state index contributed by atoms with van der Waals surface area (Å²) in [5.74, 6) is 1.24. The lowest BCUT2D eigenvalue weighted by Gasteiger charge is -2.12. The number of nitrogens with zero attached hydrogens (tertiary/aromatic N) is 6. The number of hydrogen-bond acceptors (Lipinski definition) is 4. The highest BCUT2D eigenvalue weighted by Gasteiger charge is 2.34. The van der Waals surface area contributed by atoms with Gasteiger partial charge in [0.2, 0.25) is 0 Å². The minimum absolute atomic E-state index is 0.260. The first-order valence-corrected chi connectivity index (χ1v) is 12.6. The van der Waals surface area contributed by atoms with Crippen LogP contribution < -0.4 is 0 Å². The van der Waals surface area contributed by atoms with E-state index in [2.05, 4.69) is 34.4 Å². The van der Waals surface area contributed by atoms with Gasteiger partial charge in [0, 0.05) is 54.1 Å². The van der Waals surface area contributed by atoms with Gasteiger partial charge in [-0.1, -0.05) is 62.4 Å². The van der Waals surface area contributed by atoms with Crippen molar-refractivity contribution in [3.05, 3.63) is 96.2 Å². The molecule has 6 nitrogen and oxygen atoms in total. The molecule has 0 N–H and O–H groups in total. The maximum atomic E-state index is 13.1. The third-order valence-electron chi connectivity index (χ3n) is 6.95. The van der Waals surface area contributed by atoms with Crippen molar-refractivity contribution in [1.29, 1.82) is 0 Å². The van der Waals surface area contributed by atoms with Gasteiger partial charge in [-0.05, 0) is 23.1 Å². The van der Waals surface area contributed by atoms with Gasteiger partial charge in [-0.3, -0.25) is 4.98 Å². The first-order chi connectivity index (χ1) is 18.7. The van der Waals surface area contributed by atoms with Crippen molar-refractivity contribution in [1.82, 2.24) is 29.1 Å². The fourth-order valence-electron chi connectivity index (χ4n) is 5.02. The molecule has 39 heavy (non-hydrogen) atoms. The standard InChI is InChI=1S/C30H25F3N6/c1-18(2)21-6-4-5-7-23(21)27-35-14-24-22-12-13-34-15-25(22)39(29(24)37-27)16-19-8-10-20(11-9-19)28-36-26(17-38(28)3)30(31,32)33/h4-15,17-18H,16H2,1-3H3. The van der Waals surface area contributed by atoms with Crippen molar-refractivity contribution in [2.45, 2.75) is 32.5 Å². The van der Waals surface area contributed by atoms with Crippen molar-refractivity contribution in [2.75, 3.05) is 0 Å². The highest BCUT2D eigenvalue weighted by Crippen LogP contribution is 2.33. The zero-order valence-electron chi connectivity index (χ0n) is 21.6. The maximum absolute atomic E-state index is 13.1. The van der Waals surface area contributed by atoms with Crippen LogP contribution in [-0.2, 0) is 19.8 Å². The summed E-state index contributed by atoms with van der Waals surface area (Å²) in [4.78, 5) is 17.9. The predicted octanol–water partition coefficient (Wildman–Crippen LogP) is 7.24. The average molecular weight is 527 g/mol. The molecule has 0 saturated heterocycles. The number of rotatable bonds is 5. The number of benzene rings is 2. The number of aryl methyl sites for hydroxylation is 1. The van der Waals surface area contributed by atoms with E-state index in [-0.39, 0.29) is 5.82 Å². The second kappa shape index (κ2) is 9.34. The van der Waals surface area contributed by atoms with Crippen molar-refractivity contribution in [3.8, 4) is 22.8 Å². The van der Waals surface area contributed by atoms with Gasteiger partial charge in [0.25, 0.3) is 0 Å². The Bertz CT molecular complexity index is 1810. The Labute approximate surface area is 222 Å².